The third kappa shape index (κ3) is 5.39. The molecule has 1 fully saturated rings. The van der Waals surface area contributed by atoms with E-state index in [1.807, 2.05) is 0 Å². The average molecular weight is 240 g/mol. The zero-order valence-corrected chi connectivity index (χ0v) is 12.6. The van der Waals surface area contributed by atoms with E-state index in [0.29, 0.717) is 6.04 Å². The summed E-state index contributed by atoms with van der Waals surface area (Å²) in [7, 11) is 4.51. The monoisotopic (exact) mass is 240 g/mol. The second kappa shape index (κ2) is 7.38. The first-order valence-corrected chi connectivity index (χ1v) is 7.41. The number of nitrogens with zero attached hydrogens (tertiary/aromatic N) is 2. The maximum absolute atomic E-state index is 2.50. The molecule has 0 spiro atoms. The molecule has 0 aromatic heterocycles. The Hall–Kier alpha value is -0.0800. The lowest BCUT2D eigenvalue weighted by Crippen LogP contribution is -2.35. The molecule has 0 aromatic carbocycles. The molecule has 1 saturated carbocycles. The van der Waals surface area contributed by atoms with Gasteiger partial charge in [0.1, 0.15) is 0 Å². The van der Waals surface area contributed by atoms with Crippen LogP contribution in [0.4, 0.5) is 0 Å². The first-order chi connectivity index (χ1) is 8.02. The fourth-order valence-corrected chi connectivity index (χ4v) is 2.78. The molecular formula is C15H32N2. The minimum absolute atomic E-state index is 0.693. The van der Waals surface area contributed by atoms with Crippen molar-refractivity contribution < 1.29 is 0 Å². The van der Waals surface area contributed by atoms with Gasteiger partial charge in [0, 0.05) is 19.1 Å². The maximum atomic E-state index is 2.50. The van der Waals surface area contributed by atoms with Crippen LogP contribution in [0.15, 0.2) is 0 Å². The van der Waals surface area contributed by atoms with Gasteiger partial charge in [-0.05, 0) is 72.0 Å². The Morgan fingerprint density at radius 1 is 0.941 bits per heavy atom. The van der Waals surface area contributed by atoms with E-state index in [9.17, 15) is 0 Å². The van der Waals surface area contributed by atoms with Gasteiger partial charge in [-0.25, -0.2) is 0 Å². The van der Waals surface area contributed by atoms with E-state index < -0.39 is 0 Å². The Bertz CT molecular complexity index is 195. The SMILES string of the molecule is CCN(C)CC1CCC(CN(C)C(C)C)CC1. The predicted molar refractivity (Wildman–Crippen MR) is 76.4 cm³/mol. The average Bonchev–Trinajstić information content (AvgIpc) is 2.31. The van der Waals surface area contributed by atoms with Crippen molar-refractivity contribution >= 4 is 0 Å². The molecule has 0 amide bonds. The Morgan fingerprint density at radius 3 is 1.82 bits per heavy atom. The van der Waals surface area contributed by atoms with Crippen LogP contribution >= 0.6 is 0 Å². The fourth-order valence-electron chi connectivity index (χ4n) is 2.78. The zero-order valence-electron chi connectivity index (χ0n) is 12.6. The summed E-state index contributed by atoms with van der Waals surface area (Å²) >= 11 is 0. The van der Waals surface area contributed by atoms with Crippen LogP contribution in [0.5, 0.6) is 0 Å². The van der Waals surface area contributed by atoms with Crippen molar-refractivity contribution in [1.29, 1.82) is 0 Å². The lowest BCUT2D eigenvalue weighted by Gasteiger charge is -2.34. The van der Waals surface area contributed by atoms with Crippen molar-refractivity contribution in [3.05, 3.63) is 0 Å². The lowest BCUT2D eigenvalue weighted by atomic mass is 9.81. The van der Waals surface area contributed by atoms with Gasteiger partial charge in [-0.3, -0.25) is 0 Å². The van der Waals surface area contributed by atoms with E-state index in [1.165, 1.54) is 45.3 Å². The van der Waals surface area contributed by atoms with E-state index in [2.05, 4.69) is 44.7 Å². The maximum Gasteiger partial charge on any atom is 0.00356 e. The minimum atomic E-state index is 0.693. The fraction of sp³-hybridized carbons (Fsp3) is 1.00. The van der Waals surface area contributed by atoms with Gasteiger partial charge in [0.2, 0.25) is 0 Å². The molecule has 0 aromatic rings. The van der Waals surface area contributed by atoms with E-state index in [1.54, 1.807) is 0 Å². The topological polar surface area (TPSA) is 6.48 Å². The molecular weight excluding hydrogens is 208 g/mol. The van der Waals surface area contributed by atoms with Crippen LogP contribution in [0.2, 0.25) is 0 Å². The van der Waals surface area contributed by atoms with Crippen LogP contribution in [0, 0.1) is 11.8 Å². The quantitative estimate of drug-likeness (QED) is 0.704. The highest BCUT2D eigenvalue weighted by atomic mass is 15.1. The molecule has 17 heavy (non-hydrogen) atoms. The summed E-state index contributed by atoms with van der Waals surface area (Å²) in [6.45, 7) is 10.6. The van der Waals surface area contributed by atoms with E-state index in [4.69, 9.17) is 0 Å². The third-order valence-corrected chi connectivity index (χ3v) is 4.50. The Morgan fingerprint density at radius 2 is 1.41 bits per heavy atom. The van der Waals surface area contributed by atoms with Crippen LogP contribution < -0.4 is 0 Å². The highest BCUT2D eigenvalue weighted by Gasteiger charge is 2.23. The van der Waals surface area contributed by atoms with Crippen molar-refractivity contribution in [1.82, 2.24) is 9.80 Å². The van der Waals surface area contributed by atoms with Crippen molar-refractivity contribution in [2.75, 3.05) is 33.7 Å². The molecule has 1 aliphatic rings. The standard InChI is InChI=1S/C15H32N2/c1-6-16(4)11-14-7-9-15(10-8-14)12-17(5)13(2)3/h13-15H,6-12H2,1-5H3. The summed E-state index contributed by atoms with van der Waals surface area (Å²) in [6.07, 6.45) is 5.78. The summed E-state index contributed by atoms with van der Waals surface area (Å²) < 4.78 is 0. The number of rotatable bonds is 6. The van der Waals surface area contributed by atoms with Crippen LogP contribution in [0.25, 0.3) is 0 Å². The molecule has 0 saturated heterocycles. The van der Waals surface area contributed by atoms with Gasteiger partial charge in [0.05, 0.1) is 0 Å². The van der Waals surface area contributed by atoms with Crippen LogP contribution in [-0.4, -0.2) is 49.6 Å². The highest BCUT2D eigenvalue weighted by molar-refractivity contribution is 4.76. The molecule has 102 valence electrons. The van der Waals surface area contributed by atoms with Gasteiger partial charge in [-0.15, -0.1) is 0 Å². The molecule has 1 rings (SSSR count). The van der Waals surface area contributed by atoms with Gasteiger partial charge in [0.15, 0.2) is 0 Å². The molecule has 0 N–H and O–H groups in total. The predicted octanol–water partition coefficient (Wildman–Crippen LogP) is 3.08. The highest BCUT2D eigenvalue weighted by Crippen LogP contribution is 2.29. The second-order valence-electron chi connectivity index (χ2n) is 6.27. The van der Waals surface area contributed by atoms with Gasteiger partial charge in [-0.1, -0.05) is 6.92 Å². The van der Waals surface area contributed by atoms with Crippen molar-refractivity contribution in [2.24, 2.45) is 11.8 Å². The van der Waals surface area contributed by atoms with Crippen molar-refractivity contribution in [3.8, 4) is 0 Å². The number of hydrogen-bond donors (Lipinski definition) is 0. The molecule has 0 bridgehead atoms. The molecule has 0 atom stereocenters. The first kappa shape index (κ1) is 15.0. The second-order valence-corrected chi connectivity index (χ2v) is 6.27. The molecule has 0 aliphatic heterocycles. The third-order valence-electron chi connectivity index (χ3n) is 4.50. The first-order valence-electron chi connectivity index (χ1n) is 7.41. The van der Waals surface area contributed by atoms with E-state index in [0.717, 1.165) is 11.8 Å². The van der Waals surface area contributed by atoms with Crippen LogP contribution in [0.3, 0.4) is 0 Å². The summed E-state index contributed by atoms with van der Waals surface area (Å²) in [4.78, 5) is 4.97. The Kier molecular flexibility index (Phi) is 6.50. The molecule has 0 unspecified atom stereocenters. The van der Waals surface area contributed by atoms with E-state index in [-0.39, 0.29) is 0 Å². The summed E-state index contributed by atoms with van der Waals surface area (Å²) in [5.74, 6) is 1.91. The normalized spacial score (nSPS) is 26.1. The van der Waals surface area contributed by atoms with Gasteiger partial charge < -0.3 is 9.80 Å². The molecule has 0 radical (unpaired) electrons. The van der Waals surface area contributed by atoms with Gasteiger partial charge in [-0.2, -0.15) is 0 Å². The summed E-state index contributed by atoms with van der Waals surface area (Å²) in [6, 6.07) is 0.693. The van der Waals surface area contributed by atoms with Crippen LogP contribution in [0.1, 0.15) is 46.5 Å². The molecule has 0 heterocycles. The van der Waals surface area contributed by atoms with Crippen molar-refractivity contribution in [3.63, 3.8) is 0 Å². The smallest absolute Gasteiger partial charge is 0.00356 e. The molecule has 1 aliphatic carbocycles. The van der Waals surface area contributed by atoms with E-state index >= 15 is 0 Å². The largest absolute Gasteiger partial charge is 0.306 e. The number of hydrogen-bond acceptors (Lipinski definition) is 2. The van der Waals surface area contributed by atoms with Gasteiger partial charge >= 0.3 is 0 Å². The zero-order chi connectivity index (χ0) is 12.8. The molecule has 2 nitrogen and oxygen atoms in total. The minimum Gasteiger partial charge on any atom is -0.306 e. The van der Waals surface area contributed by atoms with Crippen molar-refractivity contribution in [2.45, 2.75) is 52.5 Å². The molecule has 2 heteroatoms. The Balaban J connectivity index is 2.21. The van der Waals surface area contributed by atoms with Crippen LogP contribution in [-0.2, 0) is 0 Å². The summed E-state index contributed by atoms with van der Waals surface area (Å²) in [5, 5.41) is 0. The lowest BCUT2D eigenvalue weighted by molar-refractivity contribution is 0.161. The van der Waals surface area contributed by atoms with Gasteiger partial charge in [0.25, 0.3) is 0 Å². The Labute approximate surface area is 108 Å². The summed E-state index contributed by atoms with van der Waals surface area (Å²) in [5.41, 5.74) is 0.